The van der Waals surface area contributed by atoms with Gasteiger partial charge in [0.1, 0.15) is 5.75 Å². The molecule has 0 aliphatic heterocycles. The smallest absolute Gasteiger partial charge is 0.426 e. The summed E-state index contributed by atoms with van der Waals surface area (Å²) in [6.07, 6.45) is 5.63. The Bertz CT molecular complexity index is 803. The van der Waals surface area contributed by atoms with E-state index in [-0.39, 0.29) is 17.9 Å². The van der Waals surface area contributed by atoms with E-state index in [4.69, 9.17) is 0 Å². The molecule has 2 aromatic rings. The van der Waals surface area contributed by atoms with Crippen molar-refractivity contribution in [3.05, 3.63) is 65.0 Å². The molecule has 0 aromatic heterocycles. The van der Waals surface area contributed by atoms with E-state index in [1.807, 2.05) is 0 Å². The van der Waals surface area contributed by atoms with Gasteiger partial charge < -0.3 is 4.74 Å². The van der Waals surface area contributed by atoms with Gasteiger partial charge in [0.2, 0.25) is 0 Å². The van der Waals surface area contributed by atoms with E-state index >= 15 is 0 Å². The van der Waals surface area contributed by atoms with Crippen molar-refractivity contribution >= 4 is 0 Å². The molecular weight excluding hydrogens is 399 g/mol. The average Bonchev–Trinajstić information content (AvgIpc) is 2.73. The number of ether oxygens (including phenoxy) is 1. The summed E-state index contributed by atoms with van der Waals surface area (Å²) >= 11 is 0. The lowest BCUT2D eigenvalue weighted by molar-refractivity contribution is -0.185. The minimum Gasteiger partial charge on any atom is -0.429 e. The Morgan fingerprint density at radius 2 is 1.50 bits per heavy atom. The fraction of sp³-hybridized carbons (Fsp3) is 0.500. The number of hydrogen-bond donors (Lipinski definition) is 0. The molecule has 0 saturated heterocycles. The molecule has 0 amide bonds. The number of halogens is 5. The lowest BCUT2D eigenvalue weighted by Crippen LogP contribution is -2.22. The normalized spacial score (nSPS) is 19.7. The SMILES string of the molecule is CCCCCC1CCC(c2ccc(OC(F)(F)c3cc(F)c(F)c(F)c3)cc2)CC1. The molecule has 0 radical (unpaired) electrons. The Morgan fingerprint density at radius 1 is 0.900 bits per heavy atom. The second-order valence-electron chi connectivity index (χ2n) is 8.16. The van der Waals surface area contributed by atoms with Gasteiger partial charge in [0, 0.05) is 0 Å². The zero-order valence-corrected chi connectivity index (χ0v) is 17.1. The van der Waals surface area contributed by atoms with Crippen LogP contribution in [-0.2, 0) is 6.11 Å². The first-order valence-electron chi connectivity index (χ1n) is 10.6. The third kappa shape index (κ3) is 5.52. The summed E-state index contributed by atoms with van der Waals surface area (Å²) in [5.74, 6) is -4.10. The number of alkyl halides is 2. The zero-order valence-electron chi connectivity index (χ0n) is 17.1. The van der Waals surface area contributed by atoms with Gasteiger partial charge >= 0.3 is 6.11 Å². The van der Waals surface area contributed by atoms with Crippen LogP contribution in [0.1, 0.15) is 75.3 Å². The fourth-order valence-corrected chi connectivity index (χ4v) is 4.21. The molecule has 1 aliphatic rings. The first-order chi connectivity index (χ1) is 14.3. The molecule has 1 fully saturated rings. The Balaban J connectivity index is 1.59. The van der Waals surface area contributed by atoms with E-state index in [1.165, 1.54) is 50.7 Å². The standard InChI is InChI=1S/C24H27F5O/c1-2-3-4-5-16-6-8-17(9-7-16)18-10-12-20(13-11-18)30-24(28,29)19-14-21(25)23(27)22(26)15-19/h10-17H,2-9H2,1H3. The van der Waals surface area contributed by atoms with Crippen LogP contribution in [0.5, 0.6) is 5.75 Å². The van der Waals surface area contributed by atoms with E-state index in [2.05, 4.69) is 11.7 Å². The minimum absolute atomic E-state index is 0.123. The maximum atomic E-state index is 14.3. The molecule has 0 heterocycles. The molecule has 0 N–H and O–H groups in total. The Hall–Kier alpha value is -2.11. The molecule has 164 valence electrons. The van der Waals surface area contributed by atoms with Crippen molar-refractivity contribution in [2.24, 2.45) is 5.92 Å². The summed E-state index contributed by atoms with van der Waals surface area (Å²) in [6, 6.07) is 6.88. The van der Waals surface area contributed by atoms with E-state index < -0.39 is 29.1 Å². The van der Waals surface area contributed by atoms with Gasteiger partial charge in [0.15, 0.2) is 17.5 Å². The lowest BCUT2D eigenvalue weighted by Gasteiger charge is -2.29. The van der Waals surface area contributed by atoms with Crippen LogP contribution in [-0.4, -0.2) is 0 Å². The van der Waals surface area contributed by atoms with E-state index in [1.54, 1.807) is 12.1 Å². The average molecular weight is 426 g/mol. The molecule has 0 atom stereocenters. The topological polar surface area (TPSA) is 9.23 Å². The van der Waals surface area contributed by atoms with Gasteiger partial charge in [0.05, 0.1) is 5.56 Å². The highest BCUT2D eigenvalue weighted by Gasteiger charge is 2.36. The highest BCUT2D eigenvalue weighted by atomic mass is 19.3. The molecule has 1 aliphatic carbocycles. The quantitative estimate of drug-likeness (QED) is 0.235. The number of rotatable bonds is 8. The van der Waals surface area contributed by atoms with Gasteiger partial charge in [-0.15, -0.1) is 0 Å². The van der Waals surface area contributed by atoms with Crippen molar-refractivity contribution in [2.75, 3.05) is 0 Å². The van der Waals surface area contributed by atoms with Crippen LogP contribution in [0.2, 0.25) is 0 Å². The minimum atomic E-state index is -3.99. The van der Waals surface area contributed by atoms with Crippen LogP contribution in [0.15, 0.2) is 36.4 Å². The first-order valence-corrected chi connectivity index (χ1v) is 10.6. The van der Waals surface area contributed by atoms with Crippen molar-refractivity contribution in [3.8, 4) is 5.75 Å². The van der Waals surface area contributed by atoms with Crippen molar-refractivity contribution in [2.45, 2.75) is 70.3 Å². The van der Waals surface area contributed by atoms with Gasteiger partial charge in [-0.25, -0.2) is 13.2 Å². The summed E-state index contributed by atoms with van der Waals surface area (Å²) in [5, 5.41) is 0. The van der Waals surface area contributed by atoms with Crippen LogP contribution in [0.25, 0.3) is 0 Å². The van der Waals surface area contributed by atoms with Gasteiger partial charge in [-0.2, -0.15) is 8.78 Å². The van der Waals surface area contributed by atoms with E-state index in [0.29, 0.717) is 5.92 Å². The van der Waals surface area contributed by atoms with Crippen molar-refractivity contribution in [1.29, 1.82) is 0 Å². The monoisotopic (exact) mass is 426 g/mol. The van der Waals surface area contributed by atoms with Crippen LogP contribution in [0.4, 0.5) is 22.0 Å². The van der Waals surface area contributed by atoms with Gasteiger partial charge in [-0.05, 0) is 67.3 Å². The second kappa shape index (κ2) is 9.80. The molecular formula is C24H27F5O. The molecule has 0 unspecified atom stereocenters. The predicted octanol–water partition coefficient (Wildman–Crippen LogP) is 8.09. The third-order valence-electron chi connectivity index (χ3n) is 5.98. The lowest BCUT2D eigenvalue weighted by atomic mass is 9.77. The Kier molecular flexibility index (Phi) is 7.37. The van der Waals surface area contributed by atoms with Crippen LogP contribution in [0.3, 0.4) is 0 Å². The Labute approximate surface area is 174 Å². The maximum Gasteiger partial charge on any atom is 0.426 e. The molecule has 30 heavy (non-hydrogen) atoms. The van der Waals surface area contributed by atoms with Gasteiger partial charge in [-0.1, -0.05) is 44.7 Å². The second-order valence-corrected chi connectivity index (χ2v) is 8.16. The number of unbranched alkanes of at least 4 members (excludes halogenated alkanes) is 2. The summed E-state index contributed by atoms with van der Waals surface area (Å²) < 4.78 is 72.8. The molecule has 3 rings (SSSR count). The first kappa shape index (κ1) is 22.6. The van der Waals surface area contributed by atoms with Crippen LogP contribution in [0, 0.1) is 23.4 Å². The summed E-state index contributed by atoms with van der Waals surface area (Å²) in [6.45, 7) is 2.20. The van der Waals surface area contributed by atoms with E-state index in [0.717, 1.165) is 24.3 Å². The van der Waals surface area contributed by atoms with Crippen LogP contribution >= 0.6 is 0 Å². The fourth-order valence-electron chi connectivity index (χ4n) is 4.21. The van der Waals surface area contributed by atoms with Gasteiger partial charge in [-0.3, -0.25) is 0 Å². The number of benzene rings is 2. The predicted molar refractivity (Wildman–Crippen MR) is 106 cm³/mol. The highest BCUT2D eigenvalue weighted by Crippen LogP contribution is 2.39. The summed E-state index contributed by atoms with van der Waals surface area (Å²) in [4.78, 5) is 0. The molecule has 0 bridgehead atoms. The Morgan fingerprint density at radius 3 is 2.07 bits per heavy atom. The summed E-state index contributed by atoms with van der Waals surface area (Å²) in [7, 11) is 0. The third-order valence-corrected chi connectivity index (χ3v) is 5.98. The summed E-state index contributed by atoms with van der Waals surface area (Å²) in [5.41, 5.74) is 0.000849. The zero-order chi connectivity index (χ0) is 21.7. The molecule has 2 aromatic carbocycles. The van der Waals surface area contributed by atoms with Crippen molar-refractivity contribution in [3.63, 3.8) is 0 Å². The molecule has 1 saturated carbocycles. The largest absolute Gasteiger partial charge is 0.429 e. The van der Waals surface area contributed by atoms with E-state index in [9.17, 15) is 22.0 Å². The van der Waals surface area contributed by atoms with Crippen molar-refractivity contribution < 1.29 is 26.7 Å². The highest BCUT2D eigenvalue weighted by molar-refractivity contribution is 5.31. The maximum absolute atomic E-state index is 14.3. The van der Waals surface area contributed by atoms with Crippen LogP contribution < -0.4 is 4.74 Å². The molecule has 0 spiro atoms. The van der Waals surface area contributed by atoms with Crippen molar-refractivity contribution in [1.82, 2.24) is 0 Å². The number of hydrogen-bond acceptors (Lipinski definition) is 1. The molecule has 1 nitrogen and oxygen atoms in total. The van der Waals surface area contributed by atoms with Gasteiger partial charge in [0.25, 0.3) is 0 Å². The molecule has 6 heteroatoms.